The molecule has 0 aromatic heterocycles. The largest absolute Gasteiger partial charge is 0.289 e. The first kappa shape index (κ1) is 17.3. The summed E-state index contributed by atoms with van der Waals surface area (Å²) < 4.78 is 26.2. The Morgan fingerprint density at radius 3 is 2.35 bits per heavy atom. The first-order valence-electron chi connectivity index (χ1n) is 6.17. The third-order valence-corrected chi connectivity index (χ3v) is 4.30. The second kappa shape index (κ2) is 6.99. The average Bonchev–Trinajstić information content (AvgIpc) is 2.48. The highest BCUT2D eigenvalue weighted by atomic mass is 35.5. The lowest BCUT2D eigenvalue weighted by molar-refractivity contribution is -0.384. The van der Waals surface area contributed by atoms with E-state index in [1.54, 1.807) is 24.3 Å². The van der Waals surface area contributed by atoms with Gasteiger partial charge in [-0.15, -0.1) is 0 Å². The summed E-state index contributed by atoms with van der Waals surface area (Å²) in [4.78, 5) is 10.1. The molecule has 9 heteroatoms. The molecule has 2 aromatic rings. The summed E-state index contributed by atoms with van der Waals surface area (Å²) in [5.41, 5.74) is 0.303. The van der Waals surface area contributed by atoms with Gasteiger partial charge in [0.1, 0.15) is 5.02 Å². The van der Waals surface area contributed by atoms with E-state index >= 15 is 0 Å². The topological polar surface area (TPSA) is 89.3 Å². The van der Waals surface area contributed by atoms with E-state index in [-0.39, 0.29) is 16.4 Å². The number of anilines is 1. The number of halogens is 2. The van der Waals surface area contributed by atoms with Crippen LogP contribution in [-0.2, 0) is 10.0 Å². The van der Waals surface area contributed by atoms with Crippen LogP contribution in [0.4, 0.5) is 11.4 Å². The Balaban J connectivity index is 2.19. The van der Waals surface area contributed by atoms with Crippen LogP contribution in [-0.4, -0.2) is 13.3 Å². The number of benzene rings is 2. The van der Waals surface area contributed by atoms with E-state index in [4.69, 9.17) is 23.2 Å². The molecule has 6 nitrogen and oxygen atoms in total. The van der Waals surface area contributed by atoms with E-state index in [1.807, 2.05) is 0 Å². The number of nitrogens with zero attached hydrogens (tertiary/aromatic N) is 1. The third-order valence-electron chi connectivity index (χ3n) is 2.71. The molecule has 2 rings (SSSR count). The molecule has 0 bridgehead atoms. The van der Waals surface area contributed by atoms with Crippen molar-refractivity contribution in [3.63, 3.8) is 0 Å². The van der Waals surface area contributed by atoms with Gasteiger partial charge in [-0.25, -0.2) is 8.42 Å². The van der Waals surface area contributed by atoms with Crippen LogP contribution in [0, 0.1) is 10.1 Å². The molecule has 0 spiro atoms. The molecule has 0 saturated heterocycles. The van der Waals surface area contributed by atoms with Crippen LogP contribution < -0.4 is 4.72 Å². The van der Waals surface area contributed by atoms with Gasteiger partial charge in [-0.1, -0.05) is 35.3 Å². The maximum atomic E-state index is 12.0. The monoisotopic (exact) mass is 372 g/mol. The summed E-state index contributed by atoms with van der Waals surface area (Å²) >= 11 is 11.4. The van der Waals surface area contributed by atoms with Crippen LogP contribution in [0.2, 0.25) is 10.0 Å². The van der Waals surface area contributed by atoms with E-state index in [2.05, 4.69) is 4.72 Å². The highest BCUT2D eigenvalue weighted by Gasteiger charge is 2.15. The summed E-state index contributed by atoms with van der Waals surface area (Å²) in [5, 5.41) is 12.2. The number of nitro benzene ring substituents is 1. The molecule has 23 heavy (non-hydrogen) atoms. The zero-order valence-electron chi connectivity index (χ0n) is 11.4. The number of sulfonamides is 1. The highest BCUT2D eigenvalue weighted by Crippen LogP contribution is 2.27. The molecule has 2 aromatic carbocycles. The molecule has 0 fully saturated rings. The minimum absolute atomic E-state index is 0.0434. The summed E-state index contributed by atoms with van der Waals surface area (Å²) in [6, 6.07) is 10.2. The van der Waals surface area contributed by atoms with Crippen molar-refractivity contribution in [3.8, 4) is 0 Å². The lowest BCUT2D eigenvalue weighted by atomic mass is 10.2. The minimum atomic E-state index is -3.83. The Bertz CT molecular complexity index is 865. The minimum Gasteiger partial charge on any atom is -0.280 e. The first-order chi connectivity index (χ1) is 10.8. The van der Waals surface area contributed by atoms with Crippen molar-refractivity contribution < 1.29 is 13.3 Å². The molecule has 0 heterocycles. The smallest absolute Gasteiger partial charge is 0.280 e. The lowest BCUT2D eigenvalue weighted by Crippen LogP contribution is -2.09. The molecule has 1 N–H and O–H groups in total. The van der Waals surface area contributed by atoms with Crippen molar-refractivity contribution in [2.75, 3.05) is 4.72 Å². The maximum Gasteiger partial charge on any atom is 0.289 e. The van der Waals surface area contributed by atoms with Crippen LogP contribution in [0.25, 0.3) is 6.08 Å². The Kier molecular flexibility index (Phi) is 5.25. The standard InChI is InChI=1S/C14H10Cl2N2O4S/c15-11-3-1-10(2-4-11)7-8-23(21,22)17-12-5-6-13(16)14(9-12)18(19)20/h1-9,17H. The normalized spacial score (nSPS) is 11.6. The SMILES string of the molecule is O=[N+]([O-])c1cc(NS(=O)(=O)C=Cc2ccc(Cl)cc2)ccc1Cl. The van der Waals surface area contributed by atoms with E-state index < -0.39 is 14.9 Å². The summed E-state index contributed by atoms with van der Waals surface area (Å²) in [6.07, 6.45) is 1.38. The van der Waals surface area contributed by atoms with Gasteiger partial charge in [0.15, 0.2) is 0 Å². The average molecular weight is 373 g/mol. The summed E-state index contributed by atoms with van der Waals surface area (Å²) in [7, 11) is -3.83. The molecule has 0 aliphatic carbocycles. The van der Waals surface area contributed by atoms with Crippen molar-refractivity contribution in [2.24, 2.45) is 0 Å². The Morgan fingerprint density at radius 2 is 1.74 bits per heavy atom. The summed E-state index contributed by atoms with van der Waals surface area (Å²) in [5.74, 6) is 0. The zero-order valence-corrected chi connectivity index (χ0v) is 13.8. The second-order valence-corrected chi connectivity index (χ2v) is 6.83. The fraction of sp³-hybridized carbons (Fsp3) is 0. The van der Waals surface area contributed by atoms with Crippen LogP contribution in [0.3, 0.4) is 0 Å². The fourth-order valence-corrected chi connectivity index (χ4v) is 2.83. The van der Waals surface area contributed by atoms with E-state index in [9.17, 15) is 18.5 Å². The number of nitrogens with one attached hydrogen (secondary N) is 1. The Morgan fingerprint density at radius 1 is 1.09 bits per heavy atom. The predicted octanol–water partition coefficient (Wildman–Crippen LogP) is 4.31. The van der Waals surface area contributed by atoms with E-state index in [1.165, 1.54) is 18.2 Å². The molecule has 0 saturated carbocycles. The van der Waals surface area contributed by atoms with Crippen molar-refractivity contribution in [1.82, 2.24) is 0 Å². The van der Waals surface area contributed by atoms with Gasteiger partial charge in [0.2, 0.25) is 0 Å². The predicted molar refractivity (Wildman–Crippen MR) is 91.1 cm³/mol. The molecule has 0 aliphatic heterocycles. The fourth-order valence-electron chi connectivity index (χ4n) is 1.66. The van der Waals surface area contributed by atoms with Crippen molar-refractivity contribution in [1.29, 1.82) is 0 Å². The number of hydrogen-bond donors (Lipinski definition) is 1. The molecule has 0 amide bonds. The van der Waals surface area contributed by atoms with Gasteiger partial charge in [-0.05, 0) is 35.9 Å². The van der Waals surface area contributed by atoms with Crippen LogP contribution in [0.1, 0.15) is 5.56 Å². The first-order valence-corrected chi connectivity index (χ1v) is 8.47. The molecule has 0 unspecified atom stereocenters. The second-order valence-electron chi connectivity index (χ2n) is 4.42. The molecule has 0 radical (unpaired) electrons. The van der Waals surface area contributed by atoms with E-state index in [0.29, 0.717) is 10.6 Å². The number of hydrogen-bond acceptors (Lipinski definition) is 4. The summed E-state index contributed by atoms with van der Waals surface area (Å²) in [6.45, 7) is 0. The lowest BCUT2D eigenvalue weighted by Gasteiger charge is -2.05. The van der Waals surface area contributed by atoms with Crippen LogP contribution >= 0.6 is 23.2 Å². The van der Waals surface area contributed by atoms with Crippen molar-refractivity contribution >= 4 is 50.7 Å². The molecule has 0 atom stereocenters. The van der Waals surface area contributed by atoms with Gasteiger partial charge < -0.3 is 0 Å². The van der Waals surface area contributed by atoms with Gasteiger partial charge in [0.25, 0.3) is 15.7 Å². The quantitative estimate of drug-likeness (QED) is 0.625. The maximum absolute atomic E-state index is 12.0. The van der Waals surface area contributed by atoms with Crippen LogP contribution in [0.5, 0.6) is 0 Å². The van der Waals surface area contributed by atoms with Crippen LogP contribution in [0.15, 0.2) is 47.9 Å². The highest BCUT2D eigenvalue weighted by molar-refractivity contribution is 7.95. The molecular formula is C14H10Cl2N2O4S. The van der Waals surface area contributed by atoms with Gasteiger partial charge in [0.05, 0.1) is 16.0 Å². The number of nitro groups is 1. The Hall–Kier alpha value is -2.09. The van der Waals surface area contributed by atoms with E-state index in [0.717, 1.165) is 11.5 Å². The van der Waals surface area contributed by atoms with Gasteiger partial charge in [-0.2, -0.15) is 0 Å². The number of rotatable bonds is 5. The van der Waals surface area contributed by atoms with Gasteiger partial charge in [-0.3, -0.25) is 14.8 Å². The molecule has 120 valence electrons. The third kappa shape index (κ3) is 4.95. The Labute approximate surface area is 142 Å². The van der Waals surface area contributed by atoms with Gasteiger partial charge in [0, 0.05) is 11.1 Å². The van der Waals surface area contributed by atoms with Crippen molar-refractivity contribution in [2.45, 2.75) is 0 Å². The van der Waals surface area contributed by atoms with Gasteiger partial charge >= 0.3 is 0 Å². The molecule has 0 aliphatic rings. The zero-order chi connectivity index (χ0) is 17.0. The molecular weight excluding hydrogens is 363 g/mol. The van der Waals surface area contributed by atoms with Crippen molar-refractivity contribution in [3.05, 3.63) is 73.6 Å².